The topological polar surface area (TPSA) is 132 Å². The summed E-state index contributed by atoms with van der Waals surface area (Å²) in [5.74, 6) is 0.0791. The summed E-state index contributed by atoms with van der Waals surface area (Å²) in [6, 6.07) is 6.74. The number of benzene rings is 1. The van der Waals surface area contributed by atoms with Crippen LogP contribution >= 0.6 is 0 Å². The average Bonchev–Trinajstić information content (AvgIpc) is 3.42. The third kappa shape index (κ3) is 4.75. The lowest BCUT2D eigenvalue weighted by atomic mass is 10.1. The monoisotopic (exact) mass is 427 g/mol. The fourth-order valence-electron chi connectivity index (χ4n) is 3.67. The number of nitrogens with zero attached hydrogens (tertiary/aromatic N) is 4. The van der Waals surface area contributed by atoms with Gasteiger partial charge in [-0.15, -0.1) is 0 Å². The van der Waals surface area contributed by atoms with E-state index >= 15 is 0 Å². The zero-order valence-corrected chi connectivity index (χ0v) is 17.0. The number of nitrogens with one attached hydrogen (secondary N) is 1. The van der Waals surface area contributed by atoms with Gasteiger partial charge in [-0.1, -0.05) is 12.1 Å². The number of aromatic hydroxyl groups is 1. The van der Waals surface area contributed by atoms with Gasteiger partial charge in [-0.3, -0.25) is 18.7 Å². The summed E-state index contributed by atoms with van der Waals surface area (Å²) in [5, 5.41) is 21.3. The van der Waals surface area contributed by atoms with Crippen molar-refractivity contribution in [2.45, 2.75) is 44.6 Å². The Morgan fingerprint density at radius 2 is 2.00 bits per heavy atom. The summed E-state index contributed by atoms with van der Waals surface area (Å²) < 4.78 is 8.90. The molecule has 1 aromatic carbocycles. The van der Waals surface area contributed by atoms with Crippen molar-refractivity contribution in [3.63, 3.8) is 0 Å². The molecule has 1 aliphatic heterocycles. The molecule has 2 atom stereocenters. The normalized spacial score (nSPS) is 18.5. The standard InChI is InChI=1S/C21H25N5O5/c27-11-16-6-8-18(31-16)26-13-23-19-20(26)24-12-25(21(19)30)10-9-22-17(29)7-3-14-1-4-15(28)5-2-14/h1-2,4-5,12-13,16,18,27-28H,3,6-11H2,(H,22,29)/t16-,18+/m0/s1. The number of carbonyl (C=O) groups is 1. The van der Waals surface area contributed by atoms with Crippen LogP contribution in [0.2, 0.25) is 0 Å². The predicted molar refractivity (Wildman–Crippen MR) is 111 cm³/mol. The summed E-state index contributed by atoms with van der Waals surface area (Å²) in [7, 11) is 0. The summed E-state index contributed by atoms with van der Waals surface area (Å²) in [4.78, 5) is 33.4. The molecular weight excluding hydrogens is 402 g/mol. The van der Waals surface area contributed by atoms with Crippen LogP contribution in [0.3, 0.4) is 0 Å². The van der Waals surface area contributed by atoms with Gasteiger partial charge < -0.3 is 20.3 Å². The highest BCUT2D eigenvalue weighted by atomic mass is 16.5. The van der Waals surface area contributed by atoms with Crippen LogP contribution in [0, 0.1) is 0 Å². The lowest BCUT2D eigenvalue weighted by molar-refractivity contribution is -0.121. The van der Waals surface area contributed by atoms with E-state index in [1.807, 2.05) is 0 Å². The van der Waals surface area contributed by atoms with Crippen molar-refractivity contribution in [2.75, 3.05) is 13.2 Å². The second kappa shape index (κ2) is 9.27. The molecule has 10 heteroatoms. The molecule has 0 spiro atoms. The van der Waals surface area contributed by atoms with Crippen LogP contribution in [0.25, 0.3) is 11.2 Å². The number of ether oxygens (including phenoxy) is 1. The Bertz CT molecular complexity index is 1110. The van der Waals surface area contributed by atoms with Gasteiger partial charge in [0.1, 0.15) is 18.3 Å². The minimum absolute atomic E-state index is 0.0377. The molecule has 1 saturated heterocycles. The van der Waals surface area contributed by atoms with Gasteiger partial charge >= 0.3 is 0 Å². The molecule has 3 aromatic rings. The van der Waals surface area contributed by atoms with Gasteiger partial charge in [0.25, 0.3) is 5.56 Å². The number of fused-ring (bicyclic) bond motifs is 1. The smallest absolute Gasteiger partial charge is 0.281 e. The first-order valence-electron chi connectivity index (χ1n) is 10.3. The SMILES string of the molecule is O=C(CCc1ccc(O)cc1)NCCn1cnc2c(ncn2[C@H]2CC[C@@H](CO)O2)c1=O. The van der Waals surface area contributed by atoms with E-state index in [9.17, 15) is 19.8 Å². The summed E-state index contributed by atoms with van der Waals surface area (Å²) in [5.41, 5.74) is 1.38. The number of amides is 1. The fraction of sp³-hybridized carbons (Fsp3) is 0.429. The van der Waals surface area contributed by atoms with Crippen LogP contribution in [-0.4, -0.2) is 54.5 Å². The number of imidazole rings is 1. The van der Waals surface area contributed by atoms with Crippen molar-refractivity contribution in [3.05, 3.63) is 52.8 Å². The largest absolute Gasteiger partial charge is 0.508 e. The van der Waals surface area contributed by atoms with E-state index in [0.29, 0.717) is 25.0 Å². The predicted octanol–water partition coefficient (Wildman–Crippen LogP) is 0.717. The van der Waals surface area contributed by atoms with Crippen LogP contribution in [0.4, 0.5) is 0 Å². The second-order valence-electron chi connectivity index (χ2n) is 7.56. The molecule has 0 saturated carbocycles. The molecule has 1 amide bonds. The van der Waals surface area contributed by atoms with Crippen LogP contribution in [0.5, 0.6) is 5.75 Å². The Labute approximate surface area is 178 Å². The molecule has 0 unspecified atom stereocenters. The maximum Gasteiger partial charge on any atom is 0.281 e. The van der Waals surface area contributed by atoms with E-state index in [1.54, 1.807) is 35.2 Å². The number of aliphatic hydroxyl groups is 1. The van der Waals surface area contributed by atoms with Gasteiger partial charge in [0.15, 0.2) is 11.2 Å². The van der Waals surface area contributed by atoms with Crippen molar-refractivity contribution in [1.29, 1.82) is 0 Å². The number of aliphatic hydroxyl groups excluding tert-OH is 1. The minimum atomic E-state index is -0.294. The van der Waals surface area contributed by atoms with E-state index in [4.69, 9.17) is 4.74 Å². The van der Waals surface area contributed by atoms with Gasteiger partial charge in [0, 0.05) is 19.5 Å². The van der Waals surface area contributed by atoms with Crippen molar-refractivity contribution >= 4 is 17.1 Å². The van der Waals surface area contributed by atoms with Crippen molar-refractivity contribution < 1.29 is 19.7 Å². The maximum absolute atomic E-state index is 12.7. The molecule has 31 heavy (non-hydrogen) atoms. The van der Waals surface area contributed by atoms with E-state index < -0.39 is 0 Å². The van der Waals surface area contributed by atoms with E-state index in [-0.39, 0.29) is 48.2 Å². The van der Waals surface area contributed by atoms with E-state index in [1.165, 1.54) is 10.9 Å². The number of aryl methyl sites for hydroxylation is 1. The molecule has 0 aliphatic carbocycles. The van der Waals surface area contributed by atoms with Crippen LogP contribution in [-0.2, 0) is 22.5 Å². The lowest BCUT2D eigenvalue weighted by Crippen LogP contribution is -2.31. The molecule has 3 N–H and O–H groups in total. The Hall–Kier alpha value is -3.24. The number of phenols is 1. The zero-order valence-electron chi connectivity index (χ0n) is 17.0. The van der Waals surface area contributed by atoms with Gasteiger partial charge in [0.2, 0.25) is 5.91 Å². The van der Waals surface area contributed by atoms with Gasteiger partial charge in [-0.25, -0.2) is 9.97 Å². The molecule has 0 bridgehead atoms. The first-order valence-corrected chi connectivity index (χ1v) is 10.3. The van der Waals surface area contributed by atoms with Crippen LogP contribution in [0.1, 0.15) is 31.1 Å². The molecule has 164 valence electrons. The Morgan fingerprint density at radius 1 is 1.19 bits per heavy atom. The molecule has 3 heterocycles. The van der Waals surface area contributed by atoms with E-state index in [2.05, 4.69) is 15.3 Å². The quantitative estimate of drug-likeness (QED) is 0.483. The van der Waals surface area contributed by atoms with Gasteiger partial charge in [0.05, 0.1) is 19.0 Å². The third-order valence-corrected chi connectivity index (χ3v) is 5.40. The number of hydrogen-bond acceptors (Lipinski definition) is 7. The zero-order chi connectivity index (χ0) is 21.8. The van der Waals surface area contributed by atoms with Crippen LogP contribution < -0.4 is 10.9 Å². The molecule has 4 rings (SSSR count). The maximum atomic E-state index is 12.7. The number of aromatic nitrogens is 4. The summed E-state index contributed by atoms with van der Waals surface area (Å²) in [6.07, 6.45) is 4.83. The Kier molecular flexibility index (Phi) is 6.28. The first kappa shape index (κ1) is 21.0. The van der Waals surface area contributed by atoms with E-state index in [0.717, 1.165) is 18.4 Å². The Balaban J connectivity index is 1.32. The molecule has 0 radical (unpaired) electrons. The van der Waals surface area contributed by atoms with Crippen molar-refractivity contribution in [2.24, 2.45) is 0 Å². The molecule has 1 fully saturated rings. The highest BCUT2D eigenvalue weighted by Crippen LogP contribution is 2.29. The fourth-order valence-corrected chi connectivity index (χ4v) is 3.67. The highest BCUT2D eigenvalue weighted by molar-refractivity contribution is 5.76. The summed E-state index contributed by atoms with van der Waals surface area (Å²) in [6.45, 7) is 0.544. The molecule has 1 aliphatic rings. The number of phenolic OH excluding ortho intramolecular Hbond substituents is 1. The second-order valence-corrected chi connectivity index (χ2v) is 7.56. The lowest BCUT2D eigenvalue weighted by Gasteiger charge is -2.14. The van der Waals surface area contributed by atoms with Crippen molar-refractivity contribution in [1.82, 2.24) is 24.4 Å². The molecule has 2 aromatic heterocycles. The number of rotatable bonds is 8. The number of hydrogen-bond donors (Lipinski definition) is 3. The number of carbonyl (C=O) groups excluding carboxylic acids is 1. The Morgan fingerprint density at radius 3 is 2.74 bits per heavy atom. The highest BCUT2D eigenvalue weighted by Gasteiger charge is 2.27. The molecule has 10 nitrogen and oxygen atoms in total. The third-order valence-electron chi connectivity index (χ3n) is 5.40. The van der Waals surface area contributed by atoms with Crippen LogP contribution in [0.15, 0.2) is 41.7 Å². The average molecular weight is 427 g/mol. The first-order chi connectivity index (χ1) is 15.0. The molecular formula is C21H25N5O5. The van der Waals surface area contributed by atoms with Gasteiger partial charge in [-0.2, -0.15) is 0 Å². The minimum Gasteiger partial charge on any atom is -0.508 e. The van der Waals surface area contributed by atoms with Gasteiger partial charge in [-0.05, 0) is 37.0 Å². The summed E-state index contributed by atoms with van der Waals surface area (Å²) >= 11 is 0. The van der Waals surface area contributed by atoms with Crippen molar-refractivity contribution in [3.8, 4) is 5.75 Å².